The molecule has 2 aliphatic heterocycles. The molecule has 0 spiro atoms. The molecule has 0 saturated carbocycles. The second-order valence-corrected chi connectivity index (χ2v) is 12.2. The zero-order valence-corrected chi connectivity index (χ0v) is 27.1. The van der Waals surface area contributed by atoms with Crippen LogP contribution in [0.5, 0.6) is 11.5 Å². The lowest BCUT2D eigenvalue weighted by Gasteiger charge is -2.14. The number of amides is 3. The molecule has 6 rings (SSSR count). The fourth-order valence-electron chi connectivity index (χ4n) is 6.20. The summed E-state index contributed by atoms with van der Waals surface area (Å²) in [7, 11) is 0. The average molecular weight is 672 g/mol. The number of aromatic amines is 1. The first kappa shape index (κ1) is 33.5. The van der Waals surface area contributed by atoms with Gasteiger partial charge in [0.25, 0.3) is 17.7 Å². The third kappa shape index (κ3) is 7.70. The number of rotatable bonds is 10. The molecule has 0 bridgehead atoms. The van der Waals surface area contributed by atoms with Crippen LogP contribution in [0, 0.1) is 13.8 Å². The maximum absolute atomic E-state index is 13.1. The van der Waals surface area contributed by atoms with Gasteiger partial charge >= 0.3 is 6.18 Å². The lowest BCUT2D eigenvalue weighted by molar-refractivity contribution is -0.137. The first-order valence-corrected chi connectivity index (χ1v) is 16.1. The summed E-state index contributed by atoms with van der Waals surface area (Å²) in [6.07, 6.45) is 0.535. The summed E-state index contributed by atoms with van der Waals surface area (Å²) in [4.78, 5) is 44.4. The predicted molar refractivity (Wildman–Crippen MR) is 182 cm³/mol. The Bertz CT molecular complexity index is 1940. The molecule has 0 aliphatic carbocycles. The van der Waals surface area contributed by atoms with Crippen molar-refractivity contribution < 1.29 is 32.3 Å². The number of carbonyl (C=O) groups excluding carboxylic acids is 3. The van der Waals surface area contributed by atoms with Crippen LogP contribution in [-0.2, 0) is 11.0 Å². The van der Waals surface area contributed by atoms with Crippen LogP contribution in [0.1, 0.15) is 68.1 Å². The number of aryl methyl sites for hydroxylation is 1. The van der Waals surface area contributed by atoms with Gasteiger partial charge in [-0.25, -0.2) is 0 Å². The zero-order chi connectivity index (χ0) is 34.7. The Morgan fingerprint density at radius 3 is 2.49 bits per heavy atom. The van der Waals surface area contributed by atoms with Crippen LogP contribution in [0.2, 0.25) is 0 Å². The summed E-state index contributed by atoms with van der Waals surface area (Å²) in [6.45, 7) is 7.51. The Kier molecular flexibility index (Phi) is 9.59. The molecule has 0 radical (unpaired) electrons. The number of nitrogens with one attached hydrogen (secondary N) is 4. The Labute approximate surface area is 281 Å². The van der Waals surface area contributed by atoms with E-state index in [2.05, 4.69) is 25.8 Å². The molecule has 0 unspecified atom stereocenters. The summed E-state index contributed by atoms with van der Waals surface area (Å²) < 4.78 is 45.3. The van der Waals surface area contributed by atoms with Crippen molar-refractivity contribution >= 4 is 40.7 Å². The van der Waals surface area contributed by atoms with Crippen molar-refractivity contribution in [3.8, 4) is 11.5 Å². The largest absolute Gasteiger partial charge is 0.457 e. The number of benzene rings is 3. The van der Waals surface area contributed by atoms with E-state index in [0.29, 0.717) is 51.8 Å². The quantitative estimate of drug-likeness (QED) is 0.104. The van der Waals surface area contributed by atoms with Crippen LogP contribution < -0.4 is 20.7 Å². The number of carbonyl (C=O) groups is 3. The minimum Gasteiger partial charge on any atom is -0.457 e. The van der Waals surface area contributed by atoms with Crippen LogP contribution in [-0.4, -0.2) is 53.8 Å². The van der Waals surface area contributed by atoms with Crippen molar-refractivity contribution in [3.63, 3.8) is 0 Å². The van der Waals surface area contributed by atoms with E-state index in [9.17, 15) is 27.6 Å². The summed E-state index contributed by atoms with van der Waals surface area (Å²) >= 11 is 0. The van der Waals surface area contributed by atoms with Crippen LogP contribution in [0.3, 0.4) is 0 Å². The highest BCUT2D eigenvalue weighted by molar-refractivity contribution is 6.35. The van der Waals surface area contributed by atoms with Crippen molar-refractivity contribution in [2.24, 2.45) is 0 Å². The molecule has 49 heavy (non-hydrogen) atoms. The molecule has 2 aliphatic rings. The summed E-state index contributed by atoms with van der Waals surface area (Å²) in [5.41, 5.74) is 3.63. The van der Waals surface area contributed by atoms with Crippen molar-refractivity contribution in [2.45, 2.75) is 39.3 Å². The zero-order valence-electron chi connectivity index (χ0n) is 27.1. The first-order valence-electron chi connectivity index (χ1n) is 16.1. The van der Waals surface area contributed by atoms with E-state index in [-0.39, 0.29) is 17.4 Å². The van der Waals surface area contributed by atoms with Crippen molar-refractivity contribution in [3.05, 3.63) is 106 Å². The van der Waals surface area contributed by atoms with Gasteiger partial charge in [0.1, 0.15) is 11.5 Å². The fraction of sp³-hybridized carbons (Fsp3) is 0.270. The fourth-order valence-corrected chi connectivity index (χ4v) is 6.20. The van der Waals surface area contributed by atoms with Gasteiger partial charge in [0.15, 0.2) is 0 Å². The number of anilines is 2. The molecule has 12 heteroatoms. The van der Waals surface area contributed by atoms with Gasteiger partial charge in [-0.1, -0.05) is 12.1 Å². The van der Waals surface area contributed by atoms with Crippen molar-refractivity contribution in [1.29, 1.82) is 0 Å². The number of H-pyrrole nitrogens is 1. The second kappa shape index (κ2) is 14.0. The molecule has 9 nitrogen and oxygen atoms in total. The first-order chi connectivity index (χ1) is 23.5. The highest BCUT2D eigenvalue weighted by atomic mass is 19.4. The number of hydrogen-bond donors (Lipinski definition) is 4. The van der Waals surface area contributed by atoms with Gasteiger partial charge < -0.3 is 30.6 Å². The molecule has 1 aromatic heterocycles. The molecular weight excluding hydrogens is 635 g/mol. The molecule has 1 saturated heterocycles. The van der Waals surface area contributed by atoms with Gasteiger partial charge in [-0.3, -0.25) is 14.4 Å². The molecule has 0 atom stereocenters. The Hall–Kier alpha value is -5.36. The Morgan fingerprint density at radius 2 is 1.71 bits per heavy atom. The number of hydrogen-bond acceptors (Lipinski definition) is 5. The monoisotopic (exact) mass is 671 g/mol. The maximum atomic E-state index is 13.1. The van der Waals surface area contributed by atoms with Gasteiger partial charge in [0.2, 0.25) is 0 Å². The lowest BCUT2D eigenvalue weighted by Crippen LogP contribution is -2.29. The minimum atomic E-state index is -4.57. The van der Waals surface area contributed by atoms with Crippen LogP contribution >= 0.6 is 0 Å². The highest BCUT2D eigenvalue weighted by Gasteiger charge is 2.31. The molecule has 3 aromatic carbocycles. The Balaban J connectivity index is 1.12. The molecule has 1 fully saturated rings. The maximum Gasteiger partial charge on any atom is 0.416 e. The van der Waals surface area contributed by atoms with Crippen LogP contribution in [0.25, 0.3) is 11.6 Å². The van der Waals surface area contributed by atoms with Crippen molar-refractivity contribution in [1.82, 2.24) is 15.2 Å². The molecule has 254 valence electrons. The minimum absolute atomic E-state index is 0.133. The number of halogens is 3. The molecule has 4 N–H and O–H groups in total. The summed E-state index contributed by atoms with van der Waals surface area (Å²) in [6, 6.07) is 15.7. The smallest absolute Gasteiger partial charge is 0.416 e. The highest BCUT2D eigenvalue weighted by Crippen LogP contribution is 2.38. The molecule has 3 amide bonds. The number of nitrogens with zero attached hydrogens (tertiary/aromatic N) is 1. The molecule has 3 heterocycles. The summed E-state index contributed by atoms with van der Waals surface area (Å²) in [5.74, 6) is -0.366. The van der Waals surface area contributed by atoms with E-state index in [1.807, 2.05) is 13.8 Å². The topological polar surface area (TPSA) is 116 Å². The standard InChI is InChI=1S/C37H36F3N5O4/c1-22-31(42-23(2)33(22)36(48)41-14-7-17-45-15-3-4-16-45)21-30-29-13-12-28(20-32(29)44-35(30)47)49-27-11-6-10-26(19-27)43-34(46)24-8-5-9-25(18-24)37(38,39)40/h5-6,8-13,18-21,42H,3-4,7,14-17H2,1-2H3,(H,41,48)(H,43,46)(H,44,47)/b30-21-. The van der Waals surface area contributed by atoms with E-state index in [1.54, 1.807) is 48.5 Å². The van der Waals surface area contributed by atoms with Gasteiger partial charge in [0, 0.05) is 46.9 Å². The van der Waals surface area contributed by atoms with E-state index in [1.165, 1.54) is 25.0 Å². The SMILES string of the molecule is Cc1[nH]c(/C=C2\C(=O)Nc3cc(Oc4cccc(NC(=O)c5cccc(C(F)(F)F)c5)c4)ccc32)c(C)c1C(=O)NCCCN1CCCC1. The number of alkyl halides is 3. The van der Waals surface area contributed by atoms with E-state index in [4.69, 9.17) is 4.74 Å². The average Bonchev–Trinajstić information content (AvgIpc) is 3.76. The van der Waals surface area contributed by atoms with Gasteiger partial charge in [-0.2, -0.15) is 13.2 Å². The lowest BCUT2D eigenvalue weighted by atomic mass is 10.0. The molecular formula is C37H36F3N5O4. The van der Waals surface area contributed by atoms with Gasteiger partial charge in [0.05, 0.1) is 22.4 Å². The van der Waals surface area contributed by atoms with Gasteiger partial charge in [-0.15, -0.1) is 0 Å². The van der Waals surface area contributed by atoms with Crippen molar-refractivity contribution in [2.75, 3.05) is 36.8 Å². The van der Waals surface area contributed by atoms with Gasteiger partial charge in [-0.05, 0) is 107 Å². The normalized spacial score (nSPS) is 15.3. The van der Waals surface area contributed by atoms with E-state index >= 15 is 0 Å². The number of fused-ring (bicyclic) bond motifs is 1. The van der Waals surface area contributed by atoms with Crippen LogP contribution in [0.4, 0.5) is 24.5 Å². The number of ether oxygens (including phenoxy) is 1. The number of aromatic nitrogens is 1. The van der Waals surface area contributed by atoms with E-state index in [0.717, 1.165) is 49.4 Å². The predicted octanol–water partition coefficient (Wildman–Crippen LogP) is 7.40. The Morgan fingerprint density at radius 1 is 0.959 bits per heavy atom. The third-order valence-electron chi connectivity index (χ3n) is 8.68. The summed E-state index contributed by atoms with van der Waals surface area (Å²) in [5, 5.41) is 8.49. The van der Waals surface area contributed by atoms with E-state index < -0.39 is 17.6 Å². The third-order valence-corrected chi connectivity index (χ3v) is 8.68. The second-order valence-electron chi connectivity index (χ2n) is 12.2. The van der Waals surface area contributed by atoms with Crippen LogP contribution in [0.15, 0.2) is 66.7 Å². The number of likely N-dealkylation sites (tertiary alicyclic amines) is 1. The molecule has 4 aromatic rings.